The van der Waals surface area contributed by atoms with Crippen LogP contribution in [0.4, 0.5) is 0 Å². The zero-order valence-electron chi connectivity index (χ0n) is 39.9. The third kappa shape index (κ3) is 43.1. The molecular formula is C53H103NO5. The van der Waals surface area contributed by atoms with Crippen molar-refractivity contribution in [3.8, 4) is 0 Å². The molecule has 0 heterocycles. The summed E-state index contributed by atoms with van der Waals surface area (Å²) in [7, 11) is 0. The summed E-state index contributed by atoms with van der Waals surface area (Å²) < 4.78 is 5.93. The predicted molar refractivity (Wildman–Crippen MR) is 255 cm³/mol. The van der Waals surface area contributed by atoms with Crippen LogP contribution in [0.1, 0.15) is 290 Å². The highest BCUT2D eigenvalue weighted by molar-refractivity contribution is 5.77. The predicted octanol–water partition coefficient (Wildman–Crippen LogP) is 15.7. The van der Waals surface area contributed by atoms with Crippen LogP contribution in [0.2, 0.25) is 0 Å². The topological polar surface area (TPSA) is 95.9 Å². The zero-order valence-corrected chi connectivity index (χ0v) is 39.9. The first-order valence-electron chi connectivity index (χ1n) is 26.4. The van der Waals surface area contributed by atoms with Crippen molar-refractivity contribution >= 4 is 11.9 Å². The van der Waals surface area contributed by atoms with Gasteiger partial charge in [-0.25, -0.2) is 0 Å². The quantitative estimate of drug-likeness (QED) is 0.0322. The van der Waals surface area contributed by atoms with Crippen molar-refractivity contribution in [3.63, 3.8) is 0 Å². The van der Waals surface area contributed by atoms with Crippen molar-refractivity contribution in [3.05, 3.63) is 12.2 Å². The van der Waals surface area contributed by atoms with Crippen molar-refractivity contribution < 1.29 is 24.5 Å². The summed E-state index contributed by atoms with van der Waals surface area (Å²) >= 11 is 0. The molecule has 1 amide bonds. The van der Waals surface area contributed by atoms with Crippen LogP contribution in [0.25, 0.3) is 0 Å². The van der Waals surface area contributed by atoms with Gasteiger partial charge in [0.2, 0.25) is 5.91 Å². The highest BCUT2D eigenvalue weighted by Crippen LogP contribution is 2.18. The van der Waals surface area contributed by atoms with E-state index in [-0.39, 0.29) is 24.9 Å². The largest absolute Gasteiger partial charge is 0.462 e. The van der Waals surface area contributed by atoms with Crippen molar-refractivity contribution in [1.82, 2.24) is 5.32 Å². The number of carbonyl (C=O) groups excluding carboxylic acids is 2. The minimum Gasteiger partial charge on any atom is -0.462 e. The van der Waals surface area contributed by atoms with Crippen molar-refractivity contribution in [2.24, 2.45) is 0 Å². The monoisotopic (exact) mass is 834 g/mol. The highest BCUT2D eigenvalue weighted by atomic mass is 16.5. The Morgan fingerprint density at radius 1 is 0.475 bits per heavy atom. The first-order chi connectivity index (χ1) is 29.0. The Bertz CT molecular complexity index is 893. The molecule has 0 spiro atoms. The molecule has 0 rings (SSSR count). The van der Waals surface area contributed by atoms with Crippen LogP contribution in [0.3, 0.4) is 0 Å². The summed E-state index contributed by atoms with van der Waals surface area (Å²) in [5.74, 6) is -0.467. The Morgan fingerprint density at radius 2 is 0.814 bits per heavy atom. The third-order valence-electron chi connectivity index (χ3n) is 12.3. The molecule has 6 heteroatoms. The zero-order chi connectivity index (χ0) is 43.1. The molecule has 3 unspecified atom stereocenters. The second-order valence-corrected chi connectivity index (χ2v) is 18.3. The number of nitrogens with one attached hydrogen (secondary N) is 1. The lowest BCUT2D eigenvalue weighted by Gasteiger charge is -2.24. The Labute approximate surface area is 368 Å². The van der Waals surface area contributed by atoms with Gasteiger partial charge in [-0.2, -0.15) is 0 Å². The number of amides is 1. The molecule has 6 nitrogen and oxygen atoms in total. The highest BCUT2D eigenvalue weighted by Gasteiger charge is 2.24. The van der Waals surface area contributed by atoms with Crippen molar-refractivity contribution in [1.29, 1.82) is 0 Å². The van der Waals surface area contributed by atoms with E-state index in [2.05, 4.69) is 38.2 Å². The summed E-state index contributed by atoms with van der Waals surface area (Å²) in [6, 6.07) is -0.696. The first kappa shape index (κ1) is 57.6. The molecule has 350 valence electrons. The Hall–Kier alpha value is -1.40. The van der Waals surface area contributed by atoms with Crippen molar-refractivity contribution in [2.45, 2.75) is 309 Å². The Morgan fingerprint density at radius 3 is 1.20 bits per heavy atom. The van der Waals surface area contributed by atoms with Gasteiger partial charge in [-0.05, 0) is 51.4 Å². The van der Waals surface area contributed by atoms with Crippen LogP contribution < -0.4 is 5.32 Å². The molecule has 0 bridgehead atoms. The number of aliphatic hydroxyl groups excluding tert-OH is 2. The van der Waals surface area contributed by atoms with Crippen LogP contribution in [-0.4, -0.2) is 46.9 Å². The molecule has 0 aliphatic heterocycles. The number of hydrogen-bond donors (Lipinski definition) is 3. The lowest BCUT2D eigenvalue weighted by atomic mass is 10.0. The molecule has 0 aromatic heterocycles. The smallest absolute Gasteiger partial charge is 0.306 e. The van der Waals surface area contributed by atoms with Crippen molar-refractivity contribution in [2.75, 3.05) is 6.61 Å². The minimum atomic E-state index is -0.782. The first-order valence-corrected chi connectivity index (χ1v) is 26.4. The molecule has 0 aliphatic rings. The molecule has 0 aliphatic carbocycles. The maximum Gasteiger partial charge on any atom is 0.306 e. The number of allylic oxidation sites excluding steroid dienone is 2. The Balaban J connectivity index is 4.49. The van der Waals surface area contributed by atoms with Gasteiger partial charge in [-0.3, -0.25) is 9.59 Å². The number of unbranched alkanes of at least 4 members (excludes halogenated alkanes) is 34. The standard InChI is InChI=1S/C53H103NO5/c1-4-7-10-13-16-19-22-24-25-26-28-31-34-37-40-43-46-53(58)59-49(44-41-38-35-32-29-21-18-15-12-9-6-3)47-52(57)54-50(48-55)51(56)45-42-39-36-33-30-27-23-20-17-14-11-8-5-2/h25-26,49-51,55-56H,4-24,27-48H2,1-3H3,(H,54,57)/b26-25+. The van der Waals surface area contributed by atoms with E-state index in [0.29, 0.717) is 19.3 Å². The fraction of sp³-hybridized carbons (Fsp3) is 0.925. The van der Waals surface area contributed by atoms with Gasteiger partial charge in [0, 0.05) is 6.42 Å². The number of carbonyl (C=O) groups is 2. The van der Waals surface area contributed by atoms with Gasteiger partial charge >= 0.3 is 5.97 Å². The molecule has 0 saturated carbocycles. The third-order valence-corrected chi connectivity index (χ3v) is 12.3. The van der Waals surface area contributed by atoms with Crippen LogP contribution in [-0.2, 0) is 14.3 Å². The number of ether oxygens (including phenoxy) is 1. The molecule has 0 radical (unpaired) electrons. The fourth-order valence-electron chi connectivity index (χ4n) is 8.31. The summed E-state index contributed by atoms with van der Waals surface area (Å²) in [4.78, 5) is 26.1. The normalized spacial score (nSPS) is 13.2. The van der Waals surface area contributed by atoms with Crippen LogP contribution in [0, 0.1) is 0 Å². The molecule has 0 aromatic carbocycles. The van der Waals surface area contributed by atoms with Gasteiger partial charge in [0.05, 0.1) is 25.2 Å². The Kier molecular flexibility index (Phi) is 46.5. The molecule has 3 N–H and O–H groups in total. The number of esters is 1. The molecule has 3 atom stereocenters. The maximum absolute atomic E-state index is 13.2. The van der Waals surface area contributed by atoms with E-state index < -0.39 is 18.2 Å². The van der Waals surface area contributed by atoms with Gasteiger partial charge < -0.3 is 20.3 Å². The minimum absolute atomic E-state index is 0.0813. The number of rotatable bonds is 48. The molecule has 0 saturated heterocycles. The van der Waals surface area contributed by atoms with Crippen LogP contribution in [0.5, 0.6) is 0 Å². The molecule has 59 heavy (non-hydrogen) atoms. The van der Waals surface area contributed by atoms with E-state index in [1.807, 2.05) is 0 Å². The second kappa shape index (κ2) is 47.6. The van der Waals surface area contributed by atoms with Gasteiger partial charge in [-0.1, -0.05) is 238 Å². The fourth-order valence-corrected chi connectivity index (χ4v) is 8.31. The SMILES string of the molecule is CCCCCCCCC/C=C/CCCCCCCC(=O)OC(CCCCCCCCCCCCC)CC(=O)NC(CO)C(O)CCCCCCCCCCCCCCC. The summed E-state index contributed by atoms with van der Waals surface area (Å²) in [5.41, 5.74) is 0. The van der Waals surface area contributed by atoms with E-state index in [0.717, 1.165) is 51.4 Å². The van der Waals surface area contributed by atoms with Gasteiger partial charge in [0.1, 0.15) is 6.10 Å². The average molecular weight is 834 g/mol. The summed E-state index contributed by atoms with van der Waals surface area (Å²) in [5, 5.41) is 23.8. The van der Waals surface area contributed by atoms with Crippen LogP contribution in [0.15, 0.2) is 12.2 Å². The van der Waals surface area contributed by atoms with E-state index in [4.69, 9.17) is 4.74 Å². The maximum atomic E-state index is 13.2. The molecule has 0 aromatic rings. The lowest BCUT2D eigenvalue weighted by molar-refractivity contribution is -0.151. The van der Waals surface area contributed by atoms with Gasteiger partial charge in [0.25, 0.3) is 0 Å². The molecular weight excluding hydrogens is 731 g/mol. The number of hydrogen-bond acceptors (Lipinski definition) is 5. The number of aliphatic hydroxyl groups is 2. The van der Waals surface area contributed by atoms with Crippen LogP contribution >= 0.6 is 0 Å². The summed E-state index contributed by atoms with van der Waals surface area (Å²) in [6.07, 6.45) is 52.7. The lowest BCUT2D eigenvalue weighted by Crippen LogP contribution is -2.46. The molecule has 0 fully saturated rings. The van der Waals surface area contributed by atoms with E-state index in [1.165, 1.54) is 193 Å². The van der Waals surface area contributed by atoms with Gasteiger partial charge in [-0.15, -0.1) is 0 Å². The second-order valence-electron chi connectivity index (χ2n) is 18.3. The summed E-state index contributed by atoms with van der Waals surface area (Å²) in [6.45, 7) is 6.50. The van der Waals surface area contributed by atoms with E-state index in [1.54, 1.807) is 0 Å². The van der Waals surface area contributed by atoms with E-state index >= 15 is 0 Å². The van der Waals surface area contributed by atoms with E-state index in [9.17, 15) is 19.8 Å². The average Bonchev–Trinajstić information content (AvgIpc) is 3.23. The van der Waals surface area contributed by atoms with Gasteiger partial charge in [0.15, 0.2) is 0 Å².